The minimum Gasteiger partial charge on any atom is -0.390 e. The number of aliphatic hydroxyl groups is 1. The van der Waals surface area contributed by atoms with Crippen LogP contribution in [0.25, 0.3) is 0 Å². The molecule has 0 aromatic rings. The second-order valence-electron chi connectivity index (χ2n) is 5.70. The molecule has 0 amide bonds. The Labute approximate surface area is 110 Å². The van der Waals surface area contributed by atoms with Crippen LogP contribution in [-0.2, 0) is 4.74 Å². The normalized spacial score (nSPS) is 37.2. The van der Waals surface area contributed by atoms with E-state index in [-0.39, 0.29) is 11.7 Å². The molecule has 100 valence electrons. The summed E-state index contributed by atoms with van der Waals surface area (Å²) in [4.78, 5) is 0. The van der Waals surface area contributed by atoms with Gasteiger partial charge in [0, 0.05) is 0 Å². The Balaban J connectivity index is 2.31. The van der Waals surface area contributed by atoms with Crippen molar-refractivity contribution in [2.24, 2.45) is 5.92 Å². The van der Waals surface area contributed by atoms with Gasteiger partial charge in [-0.3, -0.25) is 0 Å². The molecule has 1 saturated carbocycles. The van der Waals surface area contributed by atoms with Gasteiger partial charge in [-0.25, -0.2) is 0 Å². The van der Waals surface area contributed by atoms with Gasteiger partial charge >= 0.3 is 0 Å². The summed E-state index contributed by atoms with van der Waals surface area (Å²) in [6.07, 6.45) is 10.6. The first kappa shape index (κ1) is 13.6. The summed E-state index contributed by atoms with van der Waals surface area (Å²) in [5.41, 5.74) is -0.632. The summed E-state index contributed by atoms with van der Waals surface area (Å²) in [5, 5.41) is 10.3. The molecule has 1 N–H and O–H groups in total. The Bertz CT molecular complexity index is 337. The lowest BCUT2D eigenvalue weighted by Crippen LogP contribution is -2.64. The Kier molecular flexibility index (Phi) is 3.79. The molecule has 3 atom stereocenters. The largest absolute Gasteiger partial charge is 0.390 e. The van der Waals surface area contributed by atoms with Crippen molar-refractivity contribution in [2.45, 2.75) is 55.8 Å². The minimum absolute atomic E-state index is 0.204. The molecule has 1 aliphatic carbocycles. The first-order valence-corrected chi connectivity index (χ1v) is 6.83. The van der Waals surface area contributed by atoms with Crippen molar-refractivity contribution in [3.05, 3.63) is 38.0 Å². The van der Waals surface area contributed by atoms with E-state index in [2.05, 4.69) is 19.7 Å². The molecule has 2 bridgehead atoms. The van der Waals surface area contributed by atoms with Crippen molar-refractivity contribution in [3.8, 4) is 0 Å². The monoisotopic (exact) mass is 248 g/mol. The van der Waals surface area contributed by atoms with Gasteiger partial charge in [0.1, 0.15) is 0 Å². The maximum atomic E-state index is 10.3. The Hall–Kier alpha value is -0.860. The van der Waals surface area contributed by atoms with Crippen LogP contribution in [0.5, 0.6) is 0 Å². The molecule has 2 heteroatoms. The third-order valence-electron chi connectivity index (χ3n) is 4.65. The van der Waals surface area contributed by atoms with E-state index in [1.165, 1.54) is 0 Å². The summed E-state index contributed by atoms with van der Waals surface area (Å²) in [6.45, 7) is 11.5. The lowest BCUT2D eigenvalue weighted by atomic mass is 9.63. The zero-order valence-corrected chi connectivity index (χ0v) is 11.1. The second-order valence-corrected chi connectivity index (χ2v) is 5.70. The standard InChI is InChI=1S/C16H24O2/c1-4-8-15(9-5-2)13-7-11-16(18-15,10-6-3)14(17)12-13/h4-6,13-14,17H,1-3,7-12H2. The summed E-state index contributed by atoms with van der Waals surface area (Å²) in [5.74, 6) is 0.412. The van der Waals surface area contributed by atoms with Crippen molar-refractivity contribution in [3.63, 3.8) is 0 Å². The van der Waals surface area contributed by atoms with Crippen molar-refractivity contribution >= 4 is 0 Å². The lowest BCUT2D eigenvalue weighted by Gasteiger charge is -2.59. The third-order valence-corrected chi connectivity index (χ3v) is 4.65. The molecule has 2 nitrogen and oxygen atoms in total. The van der Waals surface area contributed by atoms with E-state index < -0.39 is 5.60 Å². The average Bonchev–Trinajstić information content (AvgIpc) is 2.33. The number of ether oxygens (including phenoxy) is 1. The molecule has 2 heterocycles. The van der Waals surface area contributed by atoms with Crippen molar-refractivity contribution in [1.82, 2.24) is 0 Å². The van der Waals surface area contributed by atoms with E-state index in [9.17, 15) is 5.11 Å². The molecule has 3 rings (SSSR count). The van der Waals surface area contributed by atoms with Gasteiger partial charge in [0.2, 0.25) is 0 Å². The Morgan fingerprint density at radius 1 is 1.11 bits per heavy atom. The van der Waals surface area contributed by atoms with Crippen molar-refractivity contribution in [1.29, 1.82) is 0 Å². The highest BCUT2D eigenvalue weighted by Gasteiger charge is 2.57. The zero-order chi connectivity index (χ0) is 13.2. The average molecular weight is 248 g/mol. The second kappa shape index (κ2) is 5.02. The fourth-order valence-corrected chi connectivity index (χ4v) is 3.79. The van der Waals surface area contributed by atoms with Gasteiger partial charge < -0.3 is 9.84 Å². The summed E-state index contributed by atoms with van der Waals surface area (Å²) in [6, 6.07) is 0. The van der Waals surface area contributed by atoms with Crippen LogP contribution in [0.15, 0.2) is 38.0 Å². The Morgan fingerprint density at radius 2 is 1.72 bits per heavy atom. The van der Waals surface area contributed by atoms with E-state index in [0.29, 0.717) is 5.92 Å². The molecule has 2 aliphatic heterocycles. The lowest BCUT2D eigenvalue weighted by molar-refractivity contribution is -0.290. The van der Waals surface area contributed by atoms with Crippen LogP contribution in [0.1, 0.15) is 38.5 Å². The highest BCUT2D eigenvalue weighted by Crippen LogP contribution is 2.54. The topological polar surface area (TPSA) is 29.5 Å². The van der Waals surface area contributed by atoms with Crippen LogP contribution in [0, 0.1) is 5.92 Å². The molecule has 3 fully saturated rings. The first-order chi connectivity index (χ1) is 8.62. The number of fused-ring (bicyclic) bond motifs is 3. The van der Waals surface area contributed by atoms with Crippen LogP contribution in [0.4, 0.5) is 0 Å². The highest BCUT2D eigenvalue weighted by molar-refractivity contribution is 5.12. The predicted molar refractivity (Wildman–Crippen MR) is 74.3 cm³/mol. The van der Waals surface area contributed by atoms with Crippen molar-refractivity contribution in [2.75, 3.05) is 0 Å². The quantitative estimate of drug-likeness (QED) is 0.730. The van der Waals surface area contributed by atoms with E-state index in [0.717, 1.165) is 38.5 Å². The fraction of sp³-hybridized carbons (Fsp3) is 0.625. The predicted octanol–water partition coefficient (Wildman–Crippen LogP) is 3.38. The molecular weight excluding hydrogens is 224 g/mol. The van der Waals surface area contributed by atoms with E-state index in [1.807, 2.05) is 18.2 Å². The smallest absolute Gasteiger partial charge is 0.0982 e. The molecule has 0 spiro atoms. The summed E-state index contributed by atoms with van der Waals surface area (Å²) >= 11 is 0. The SMILES string of the molecule is C=CCC12CCC(CC1O)C(CC=C)(CC=C)O2. The first-order valence-electron chi connectivity index (χ1n) is 6.83. The number of rotatable bonds is 6. The molecule has 2 saturated heterocycles. The van der Waals surface area contributed by atoms with Crippen LogP contribution in [-0.4, -0.2) is 22.4 Å². The van der Waals surface area contributed by atoms with Gasteiger partial charge in [-0.2, -0.15) is 0 Å². The van der Waals surface area contributed by atoms with Gasteiger partial charge in [0.25, 0.3) is 0 Å². The Morgan fingerprint density at radius 3 is 2.22 bits per heavy atom. The van der Waals surface area contributed by atoms with Crippen LogP contribution >= 0.6 is 0 Å². The molecule has 0 radical (unpaired) electrons. The maximum Gasteiger partial charge on any atom is 0.0982 e. The number of hydrogen-bond donors (Lipinski definition) is 1. The van der Waals surface area contributed by atoms with E-state index in [4.69, 9.17) is 4.74 Å². The summed E-state index contributed by atoms with van der Waals surface area (Å²) < 4.78 is 6.43. The zero-order valence-electron chi connectivity index (χ0n) is 11.1. The molecule has 18 heavy (non-hydrogen) atoms. The summed E-state index contributed by atoms with van der Waals surface area (Å²) in [7, 11) is 0. The van der Waals surface area contributed by atoms with Crippen LogP contribution < -0.4 is 0 Å². The van der Waals surface area contributed by atoms with Crippen molar-refractivity contribution < 1.29 is 9.84 Å². The molecule has 3 unspecified atom stereocenters. The molecular formula is C16H24O2. The fourth-order valence-electron chi connectivity index (χ4n) is 3.79. The van der Waals surface area contributed by atoms with Gasteiger partial charge in [0.05, 0.1) is 17.3 Å². The molecule has 3 aliphatic rings. The van der Waals surface area contributed by atoms with Gasteiger partial charge in [-0.05, 0) is 44.4 Å². The van der Waals surface area contributed by atoms with Gasteiger partial charge in [0.15, 0.2) is 0 Å². The number of aliphatic hydroxyl groups excluding tert-OH is 1. The van der Waals surface area contributed by atoms with Crippen LogP contribution in [0.3, 0.4) is 0 Å². The van der Waals surface area contributed by atoms with E-state index in [1.54, 1.807) is 0 Å². The van der Waals surface area contributed by atoms with Gasteiger partial charge in [-0.15, -0.1) is 19.7 Å². The van der Waals surface area contributed by atoms with E-state index >= 15 is 0 Å². The van der Waals surface area contributed by atoms with Gasteiger partial charge in [-0.1, -0.05) is 18.2 Å². The molecule has 0 aromatic heterocycles. The van der Waals surface area contributed by atoms with Crippen LogP contribution in [0.2, 0.25) is 0 Å². The maximum absolute atomic E-state index is 10.3. The molecule has 0 aromatic carbocycles. The minimum atomic E-state index is -0.428. The highest BCUT2D eigenvalue weighted by atomic mass is 16.5. The number of hydrogen-bond acceptors (Lipinski definition) is 2. The third kappa shape index (κ3) is 1.98.